The predicted molar refractivity (Wildman–Crippen MR) is 60.6 cm³/mol. The topological polar surface area (TPSA) is 60.9 Å². The summed E-state index contributed by atoms with van der Waals surface area (Å²) in [5, 5.41) is 8.93. The Labute approximate surface area is 109 Å². The Kier molecular flexibility index (Phi) is 4.65. The van der Waals surface area contributed by atoms with Gasteiger partial charge >= 0.3 is 18.2 Å². The van der Waals surface area contributed by atoms with Crippen LogP contribution in [0.25, 0.3) is 0 Å². The third kappa shape index (κ3) is 4.00. The first-order chi connectivity index (χ1) is 8.65. The Balaban J connectivity index is 2.70. The van der Waals surface area contributed by atoms with E-state index < -0.39 is 30.6 Å². The average molecular weight is 282 g/mol. The minimum atomic E-state index is -4.46. The number of halogens is 3. The molecule has 0 aromatic heterocycles. The number of likely N-dealkylation sites (tertiary alicyclic amines) is 1. The zero-order valence-corrected chi connectivity index (χ0v) is 10.8. The normalized spacial score (nSPS) is 23.5. The number of hydrogen-bond acceptors (Lipinski definition) is 2. The van der Waals surface area contributed by atoms with Gasteiger partial charge in [-0.05, 0) is 12.8 Å². The highest BCUT2D eigenvalue weighted by atomic mass is 19.4. The molecule has 1 fully saturated rings. The number of carboxylic acid groups (broad SMARTS) is 1. The van der Waals surface area contributed by atoms with Gasteiger partial charge in [0.25, 0.3) is 0 Å². The zero-order valence-electron chi connectivity index (χ0n) is 10.8. The van der Waals surface area contributed by atoms with Crippen LogP contribution < -0.4 is 0 Å². The molecule has 0 saturated carbocycles. The van der Waals surface area contributed by atoms with Crippen molar-refractivity contribution in [1.29, 1.82) is 0 Å². The molecule has 0 unspecified atom stereocenters. The summed E-state index contributed by atoms with van der Waals surface area (Å²) < 4.78 is 36.9. The van der Waals surface area contributed by atoms with E-state index in [0.717, 1.165) is 0 Å². The van der Waals surface area contributed by atoms with Crippen LogP contribution in [0.5, 0.6) is 0 Å². The number of rotatable bonds is 3. The van der Waals surface area contributed by atoms with E-state index in [0.29, 0.717) is 4.90 Å². The van der Waals surface area contributed by atoms with Gasteiger partial charge in [-0.25, -0.2) is 4.79 Å². The summed E-state index contributed by atoms with van der Waals surface area (Å²) >= 11 is 0. The van der Waals surface area contributed by atoms with E-state index in [9.17, 15) is 22.8 Å². The number of carbonyl (C=O) groups excluding carboxylic acids is 1. The van der Waals surface area contributed by atoms with Gasteiger partial charge in [-0.1, -0.05) is 6.92 Å². The molecule has 1 saturated heterocycles. The number of carboxylic acids is 1. The molecular weight excluding hydrogens is 265 g/mol. The number of hydrogen-bond donors (Lipinski definition) is 1. The molecule has 0 spiro atoms. The molecule has 0 bridgehead atoms. The Morgan fingerprint density at radius 3 is 2.32 bits per heavy atom. The lowest BCUT2D eigenvalue weighted by molar-refractivity contribution is -0.143. The van der Waals surface area contributed by atoms with Crippen LogP contribution in [0.1, 0.15) is 13.8 Å². The summed E-state index contributed by atoms with van der Waals surface area (Å²) in [4.78, 5) is 24.7. The van der Waals surface area contributed by atoms with Gasteiger partial charge in [0.05, 0.1) is 5.92 Å². The highest BCUT2D eigenvalue weighted by Crippen LogP contribution is 2.25. The number of nitrogens with zero attached hydrogens (tertiary/aromatic N) is 2. The monoisotopic (exact) mass is 282 g/mol. The quantitative estimate of drug-likeness (QED) is 0.856. The largest absolute Gasteiger partial charge is 0.481 e. The Morgan fingerprint density at radius 2 is 1.95 bits per heavy atom. The minimum absolute atomic E-state index is 0.0380. The SMILES string of the molecule is CCN(CC(F)(F)F)C(=O)N1C[C@@H](C)[C@H](C(=O)O)C1. The van der Waals surface area contributed by atoms with Crippen molar-refractivity contribution in [2.24, 2.45) is 11.8 Å². The van der Waals surface area contributed by atoms with E-state index in [-0.39, 0.29) is 25.6 Å². The van der Waals surface area contributed by atoms with E-state index in [2.05, 4.69) is 0 Å². The fraction of sp³-hybridized carbons (Fsp3) is 0.818. The van der Waals surface area contributed by atoms with E-state index in [1.165, 1.54) is 11.8 Å². The fourth-order valence-corrected chi connectivity index (χ4v) is 2.18. The number of carbonyl (C=O) groups is 2. The maximum Gasteiger partial charge on any atom is 0.406 e. The summed E-state index contributed by atoms with van der Waals surface area (Å²) in [6, 6.07) is -0.754. The average Bonchev–Trinajstić information content (AvgIpc) is 2.66. The summed E-state index contributed by atoms with van der Waals surface area (Å²) in [6.45, 7) is 1.88. The van der Waals surface area contributed by atoms with Crippen molar-refractivity contribution in [2.45, 2.75) is 20.0 Å². The zero-order chi connectivity index (χ0) is 14.8. The maximum atomic E-state index is 12.3. The van der Waals surface area contributed by atoms with E-state index >= 15 is 0 Å². The number of urea groups is 1. The molecule has 5 nitrogen and oxygen atoms in total. The number of alkyl halides is 3. The smallest absolute Gasteiger partial charge is 0.406 e. The van der Waals surface area contributed by atoms with Crippen LogP contribution in [0.2, 0.25) is 0 Å². The van der Waals surface area contributed by atoms with Gasteiger partial charge in [0, 0.05) is 19.6 Å². The number of amides is 2. The van der Waals surface area contributed by atoms with Gasteiger partial charge in [0.1, 0.15) is 6.54 Å². The lowest BCUT2D eigenvalue weighted by Crippen LogP contribution is -2.46. The van der Waals surface area contributed by atoms with Crippen molar-refractivity contribution >= 4 is 12.0 Å². The van der Waals surface area contributed by atoms with Gasteiger partial charge in [-0.2, -0.15) is 13.2 Å². The summed E-state index contributed by atoms with van der Waals surface area (Å²) in [5.74, 6) is -2.00. The predicted octanol–water partition coefficient (Wildman–Crippen LogP) is 1.64. The Bertz CT molecular complexity index is 360. The van der Waals surface area contributed by atoms with Crippen molar-refractivity contribution < 1.29 is 27.9 Å². The second kappa shape index (κ2) is 5.66. The first-order valence-electron chi connectivity index (χ1n) is 5.99. The molecule has 0 aliphatic carbocycles. The Morgan fingerprint density at radius 1 is 1.37 bits per heavy atom. The van der Waals surface area contributed by atoms with Crippen LogP contribution in [0.15, 0.2) is 0 Å². The van der Waals surface area contributed by atoms with Gasteiger partial charge < -0.3 is 14.9 Å². The third-order valence-electron chi connectivity index (χ3n) is 3.22. The molecule has 1 N–H and O–H groups in total. The van der Waals surface area contributed by atoms with Crippen LogP contribution in [0.3, 0.4) is 0 Å². The van der Waals surface area contributed by atoms with Crippen molar-refractivity contribution in [2.75, 3.05) is 26.2 Å². The maximum absolute atomic E-state index is 12.3. The fourth-order valence-electron chi connectivity index (χ4n) is 2.18. The first-order valence-corrected chi connectivity index (χ1v) is 5.99. The minimum Gasteiger partial charge on any atom is -0.481 e. The van der Waals surface area contributed by atoms with Gasteiger partial charge in [-0.3, -0.25) is 4.79 Å². The lowest BCUT2D eigenvalue weighted by atomic mass is 9.99. The van der Waals surface area contributed by atoms with Crippen molar-refractivity contribution in [3.8, 4) is 0 Å². The van der Waals surface area contributed by atoms with Crippen LogP contribution in [0, 0.1) is 11.8 Å². The molecule has 1 heterocycles. The van der Waals surface area contributed by atoms with Crippen molar-refractivity contribution in [3.63, 3.8) is 0 Å². The highest BCUT2D eigenvalue weighted by Gasteiger charge is 2.40. The molecule has 1 aliphatic heterocycles. The second-order valence-electron chi connectivity index (χ2n) is 4.74. The molecular formula is C11H17F3N2O3. The molecule has 2 amide bonds. The van der Waals surface area contributed by atoms with Gasteiger partial charge in [0.15, 0.2) is 0 Å². The third-order valence-corrected chi connectivity index (χ3v) is 3.22. The van der Waals surface area contributed by atoms with Crippen molar-refractivity contribution in [1.82, 2.24) is 9.80 Å². The van der Waals surface area contributed by atoms with E-state index in [1.54, 1.807) is 6.92 Å². The molecule has 0 aromatic rings. The molecule has 1 aliphatic rings. The van der Waals surface area contributed by atoms with Gasteiger partial charge in [-0.15, -0.1) is 0 Å². The van der Waals surface area contributed by atoms with Crippen molar-refractivity contribution in [3.05, 3.63) is 0 Å². The van der Waals surface area contributed by atoms with Gasteiger partial charge in [0.2, 0.25) is 0 Å². The second-order valence-corrected chi connectivity index (χ2v) is 4.74. The van der Waals surface area contributed by atoms with Crippen LogP contribution >= 0.6 is 0 Å². The molecule has 0 radical (unpaired) electrons. The highest BCUT2D eigenvalue weighted by molar-refractivity contribution is 5.77. The summed E-state index contributed by atoms with van der Waals surface area (Å²) in [6.07, 6.45) is -4.46. The summed E-state index contributed by atoms with van der Waals surface area (Å²) in [7, 11) is 0. The summed E-state index contributed by atoms with van der Waals surface area (Å²) in [5.41, 5.74) is 0. The molecule has 0 aromatic carbocycles. The Hall–Kier alpha value is -1.47. The van der Waals surface area contributed by atoms with Crippen LogP contribution in [0.4, 0.5) is 18.0 Å². The number of aliphatic carboxylic acids is 1. The van der Waals surface area contributed by atoms with Crippen LogP contribution in [-0.4, -0.2) is 59.3 Å². The molecule has 19 heavy (non-hydrogen) atoms. The molecule has 1 rings (SSSR count). The molecule has 8 heteroatoms. The standard InChI is InChI=1S/C11H17F3N2O3/c1-3-15(6-11(12,13)14)10(19)16-4-7(2)8(5-16)9(17)18/h7-8H,3-6H2,1-2H3,(H,17,18)/t7-,8-/m1/s1. The van der Waals surface area contributed by atoms with E-state index in [4.69, 9.17) is 5.11 Å². The first kappa shape index (κ1) is 15.6. The molecule has 2 atom stereocenters. The van der Waals surface area contributed by atoms with E-state index in [1.807, 2.05) is 0 Å². The van der Waals surface area contributed by atoms with Crippen LogP contribution in [-0.2, 0) is 4.79 Å². The lowest BCUT2D eigenvalue weighted by Gasteiger charge is -2.27. The molecule has 110 valence electrons.